The Hall–Kier alpha value is -2.01. The van der Waals surface area contributed by atoms with Crippen molar-refractivity contribution in [1.82, 2.24) is 0 Å². The second kappa shape index (κ2) is 5.32. The average Bonchev–Trinajstić information content (AvgIpc) is 2.33. The predicted molar refractivity (Wildman–Crippen MR) is 79.4 cm³/mol. The van der Waals surface area contributed by atoms with E-state index < -0.39 is 10.0 Å². The fourth-order valence-corrected chi connectivity index (χ4v) is 2.32. The third-order valence-corrected chi connectivity index (χ3v) is 3.23. The van der Waals surface area contributed by atoms with Crippen LogP contribution >= 0.6 is 0 Å². The Kier molecular flexibility index (Phi) is 3.76. The minimum absolute atomic E-state index is 0.535. The highest BCUT2D eigenvalue weighted by Crippen LogP contribution is 2.27. The molecule has 0 amide bonds. The molecule has 100 valence electrons. The number of para-hydroxylation sites is 3. The van der Waals surface area contributed by atoms with E-state index in [1.54, 1.807) is 12.1 Å². The van der Waals surface area contributed by atoms with Gasteiger partial charge in [0.1, 0.15) is 0 Å². The Morgan fingerprint density at radius 1 is 0.842 bits per heavy atom. The molecule has 0 unspecified atom stereocenters. The topological polar surface area (TPSA) is 58.2 Å². The smallest absolute Gasteiger partial charge is 0.229 e. The lowest BCUT2D eigenvalue weighted by Gasteiger charge is -2.14. The summed E-state index contributed by atoms with van der Waals surface area (Å²) in [6.45, 7) is 1.99. The molecule has 4 nitrogen and oxygen atoms in total. The van der Waals surface area contributed by atoms with E-state index in [4.69, 9.17) is 0 Å². The summed E-state index contributed by atoms with van der Waals surface area (Å²) in [5, 5.41) is 3.24. The molecule has 0 heterocycles. The highest BCUT2D eigenvalue weighted by Gasteiger charge is 2.07. The van der Waals surface area contributed by atoms with E-state index in [-0.39, 0.29) is 0 Å². The van der Waals surface area contributed by atoms with Crippen LogP contribution in [0.2, 0.25) is 0 Å². The fourth-order valence-electron chi connectivity index (χ4n) is 1.74. The van der Waals surface area contributed by atoms with Gasteiger partial charge in [0.05, 0.1) is 17.6 Å². The van der Waals surface area contributed by atoms with Crippen molar-refractivity contribution in [3.63, 3.8) is 0 Å². The maximum Gasteiger partial charge on any atom is 0.229 e. The van der Waals surface area contributed by atoms with E-state index in [1.807, 2.05) is 43.3 Å². The van der Waals surface area contributed by atoms with Gasteiger partial charge in [-0.05, 0) is 30.7 Å². The Labute approximate surface area is 113 Å². The fraction of sp³-hybridized carbons (Fsp3) is 0.143. The van der Waals surface area contributed by atoms with Gasteiger partial charge >= 0.3 is 0 Å². The first kappa shape index (κ1) is 13.4. The van der Waals surface area contributed by atoms with Crippen LogP contribution in [0.5, 0.6) is 0 Å². The standard InChI is InChI=1S/C14H16N2O2S/c1-11-7-3-4-8-12(11)15-13-9-5-6-10-14(13)16-19(2,17)18/h3-10,15-16H,1-2H3. The summed E-state index contributed by atoms with van der Waals surface area (Å²) in [4.78, 5) is 0. The van der Waals surface area contributed by atoms with Crippen molar-refractivity contribution in [2.75, 3.05) is 16.3 Å². The van der Waals surface area contributed by atoms with Gasteiger partial charge in [-0.3, -0.25) is 4.72 Å². The van der Waals surface area contributed by atoms with Crippen LogP contribution in [0.3, 0.4) is 0 Å². The van der Waals surface area contributed by atoms with Crippen LogP contribution in [0.25, 0.3) is 0 Å². The van der Waals surface area contributed by atoms with Crippen LogP contribution in [0.1, 0.15) is 5.56 Å². The summed E-state index contributed by atoms with van der Waals surface area (Å²) in [6, 6.07) is 15.0. The zero-order chi connectivity index (χ0) is 13.9. The molecule has 2 rings (SSSR count). The van der Waals surface area contributed by atoms with Crippen LogP contribution in [-0.2, 0) is 10.0 Å². The summed E-state index contributed by atoms with van der Waals surface area (Å²) in [5.74, 6) is 0. The van der Waals surface area contributed by atoms with Crippen LogP contribution in [-0.4, -0.2) is 14.7 Å². The third kappa shape index (κ3) is 3.72. The molecular weight excluding hydrogens is 260 g/mol. The normalized spacial score (nSPS) is 11.1. The van der Waals surface area contributed by atoms with Crippen molar-refractivity contribution in [2.45, 2.75) is 6.92 Å². The first-order valence-corrected chi connectivity index (χ1v) is 7.74. The molecule has 0 saturated heterocycles. The summed E-state index contributed by atoms with van der Waals surface area (Å²) in [6.07, 6.45) is 1.14. The first-order chi connectivity index (χ1) is 8.96. The van der Waals surface area contributed by atoms with E-state index in [0.717, 1.165) is 23.2 Å². The maximum absolute atomic E-state index is 11.3. The molecule has 19 heavy (non-hydrogen) atoms. The van der Waals surface area contributed by atoms with Crippen molar-refractivity contribution >= 4 is 27.1 Å². The van der Waals surface area contributed by atoms with E-state index in [0.29, 0.717) is 5.69 Å². The summed E-state index contributed by atoms with van der Waals surface area (Å²) in [5.41, 5.74) is 3.30. The van der Waals surface area contributed by atoms with Crippen molar-refractivity contribution in [1.29, 1.82) is 0 Å². The van der Waals surface area contributed by atoms with Gasteiger partial charge in [-0.2, -0.15) is 0 Å². The maximum atomic E-state index is 11.3. The minimum atomic E-state index is -3.29. The Morgan fingerprint density at radius 2 is 1.37 bits per heavy atom. The summed E-state index contributed by atoms with van der Waals surface area (Å²) < 4.78 is 25.2. The zero-order valence-electron chi connectivity index (χ0n) is 10.8. The number of benzene rings is 2. The lowest BCUT2D eigenvalue weighted by Crippen LogP contribution is -2.11. The van der Waals surface area contributed by atoms with Gasteiger partial charge in [0.2, 0.25) is 10.0 Å². The van der Waals surface area contributed by atoms with Gasteiger partial charge in [-0.25, -0.2) is 8.42 Å². The highest BCUT2D eigenvalue weighted by atomic mass is 32.2. The van der Waals surface area contributed by atoms with E-state index in [1.165, 1.54) is 0 Å². The number of sulfonamides is 1. The molecule has 0 atom stereocenters. The van der Waals surface area contributed by atoms with Gasteiger partial charge in [0, 0.05) is 5.69 Å². The molecule has 0 aliphatic heterocycles. The van der Waals surface area contributed by atoms with Gasteiger partial charge in [-0.1, -0.05) is 30.3 Å². The molecule has 2 aromatic rings. The number of anilines is 3. The molecule has 0 bridgehead atoms. The van der Waals surface area contributed by atoms with Crippen LogP contribution in [0, 0.1) is 6.92 Å². The molecule has 0 aliphatic carbocycles. The molecule has 2 aromatic carbocycles. The SMILES string of the molecule is Cc1ccccc1Nc1ccccc1NS(C)(=O)=O. The minimum Gasteiger partial charge on any atom is -0.354 e. The summed E-state index contributed by atoms with van der Waals surface area (Å²) in [7, 11) is -3.29. The van der Waals surface area contributed by atoms with E-state index in [9.17, 15) is 8.42 Å². The van der Waals surface area contributed by atoms with Crippen molar-refractivity contribution < 1.29 is 8.42 Å². The third-order valence-electron chi connectivity index (χ3n) is 2.64. The van der Waals surface area contributed by atoms with Crippen molar-refractivity contribution in [2.24, 2.45) is 0 Å². The average molecular weight is 276 g/mol. The quantitative estimate of drug-likeness (QED) is 0.902. The van der Waals surface area contributed by atoms with Crippen molar-refractivity contribution in [3.8, 4) is 0 Å². The summed E-state index contributed by atoms with van der Waals surface area (Å²) >= 11 is 0. The molecular formula is C14H16N2O2S. The molecule has 0 radical (unpaired) electrons. The molecule has 2 N–H and O–H groups in total. The zero-order valence-corrected chi connectivity index (χ0v) is 11.7. The van der Waals surface area contributed by atoms with Gasteiger partial charge in [-0.15, -0.1) is 0 Å². The Morgan fingerprint density at radius 3 is 1.95 bits per heavy atom. The molecule has 0 spiro atoms. The molecule has 0 aliphatic rings. The predicted octanol–water partition coefficient (Wildman–Crippen LogP) is 3.11. The number of rotatable bonds is 4. The Bertz CT molecular complexity index is 681. The second-order valence-electron chi connectivity index (χ2n) is 4.36. The van der Waals surface area contributed by atoms with Crippen LogP contribution < -0.4 is 10.0 Å². The van der Waals surface area contributed by atoms with Crippen LogP contribution in [0.15, 0.2) is 48.5 Å². The first-order valence-electron chi connectivity index (χ1n) is 5.85. The monoisotopic (exact) mass is 276 g/mol. The number of hydrogen-bond acceptors (Lipinski definition) is 3. The van der Waals surface area contributed by atoms with Crippen LogP contribution in [0.4, 0.5) is 17.1 Å². The van der Waals surface area contributed by atoms with Gasteiger partial charge < -0.3 is 5.32 Å². The number of hydrogen-bond donors (Lipinski definition) is 2. The lowest BCUT2D eigenvalue weighted by atomic mass is 10.2. The molecule has 0 fully saturated rings. The number of nitrogens with one attached hydrogen (secondary N) is 2. The second-order valence-corrected chi connectivity index (χ2v) is 6.11. The largest absolute Gasteiger partial charge is 0.354 e. The van der Waals surface area contributed by atoms with E-state index in [2.05, 4.69) is 10.0 Å². The van der Waals surface area contributed by atoms with E-state index >= 15 is 0 Å². The van der Waals surface area contributed by atoms with Crippen molar-refractivity contribution in [3.05, 3.63) is 54.1 Å². The number of aryl methyl sites for hydroxylation is 1. The highest BCUT2D eigenvalue weighted by molar-refractivity contribution is 7.92. The van der Waals surface area contributed by atoms with Gasteiger partial charge in [0.25, 0.3) is 0 Å². The molecule has 0 saturated carbocycles. The lowest BCUT2D eigenvalue weighted by molar-refractivity contribution is 0.607. The Balaban J connectivity index is 2.33. The molecule has 0 aromatic heterocycles. The molecule has 5 heteroatoms. The van der Waals surface area contributed by atoms with Gasteiger partial charge in [0.15, 0.2) is 0 Å².